The Kier molecular flexibility index (Phi) is 4.96. The molecule has 0 fully saturated rings. The van der Waals surface area contributed by atoms with Crippen LogP contribution in [-0.2, 0) is 4.79 Å². The Labute approximate surface area is 71.9 Å². The van der Waals surface area contributed by atoms with E-state index in [1.165, 1.54) is 0 Å². The molecule has 0 unspecified atom stereocenters. The minimum absolute atomic E-state index is 0. The molecule has 0 aliphatic carbocycles. The Bertz CT molecular complexity index is 87.8. The Hall–Kier alpha value is 0.494. The third-order valence-corrected chi connectivity index (χ3v) is 0.243. The summed E-state index contributed by atoms with van der Waals surface area (Å²) in [6.07, 6.45) is -5.08. The van der Waals surface area contributed by atoms with Crippen LogP contribution in [-0.4, -0.2) is 17.3 Å². The molecule has 0 aliphatic heterocycles. The average molecular weight is 289 g/mol. The smallest absolute Gasteiger partial charge is 0.475 e. The second-order valence-corrected chi connectivity index (χ2v) is 0.803. The summed E-state index contributed by atoms with van der Waals surface area (Å²) in [6, 6.07) is 0. The fraction of sp³-hybridized carbons (Fsp3) is 0.500. The van der Waals surface area contributed by atoms with Crippen molar-refractivity contribution in [3.63, 3.8) is 0 Å². The van der Waals surface area contributed by atoms with Gasteiger partial charge in [0.05, 0.1) is 0 Å². The Morgan fingerprint density at radius 1 is 1.38 bits per heavy atom. The monoisotopic (exact) mass is 289 g/mol. The minimum Gasteiger partial charge on any atom is -0.475 e. The first-order valence-electron chi connectivity index (χ1n) is 1.24. The van der Waals surface area contributed by atoms with Crippen molar-refractivity contribution in [2.45, 2.75) is 6.18 Å². The Balaban J connectivity index is 0. The summed E-state index contributed by atoms with van der Waals surface area (Å²) in [4.78, 5) is 8.90. The minimum atomic E-state index is -5.08. The van der Waals surface area contributed by atoms with Gasteiger partial charge in [0.1, 0.15) is 0 Å². The zero-order chi connectivity index (χ0) is 6.08. The van der Waals surface area contributed by atoms with Crippen LogP contribution < -0.4 is 0 Å². The number of carboxylic acids is 1. The molecule has 0 amide bonds. The van der Waals surface area contributed by atoms with Crippen LogP contribution in [0.5, 0.6) is 0 Å². The zero-order valence-electron chi connectivity index (χ0n) is 3.25. The molecule has 0 heterocycles. The number of halogens is 3. The fourth-order valence-electron chi connectivity index (χ4n) is 0. The molecule has 1 N–H and O–H groups in total. The molecule has 0 aliphatic rings. The largest absolute Gasteiger partial charge is 0.490 e. The third-order valence-electron chi connectivity index (χ3n) is 0.243. The van der Waals surface area contributed by atoms with Crippen molar-refractivity contribution in [2.75, 3.05) is 0 Å². The molecule has 0 aromatic heterocycles. The summed E-state index contributed by atoms with van der Waals surface area (Å²) in [7, 11) is 0. The van der Waals surface area contributed by atoms with Crippen LogP contribution in [0.25, 0.3) is 0 Å². The van der Waals surface area contributed by atoms with E-state index < -0.39 is 12.1 Å². The number of hydrogen-bond acceptors (Lipinski definition) is 1. The normalized spacial score (nSPS) is 9.88. The Morgan fingerprint density at radius 3 is 1.50 bits per heavy atom. The van der Waals surface area contributed by atoms with Gasteiger partial charge < -0.3 is 5.11 Å². The van der Waals surface area contributed by atoms with Crippen molar-refractivity contribution in [3.8, 4) is 0 Å². The zero-order valence-corrected chi connectivity index (χ0v) is 4.90. The number of aliphatic carboxylic acids is 1. The van der Waals surface area contributed by atoms with E-state index in [1.807, 2.05) is 0 Å². The van der Waals surface area contributed by atoms with Crippen LogP contribution in [0.15, 0.2) is 0 Å². The molecule has 0 aromatic carbocycles. The van der Waals surface area contributed by atoms with Gasteiger partial charge in [-0.15, -0.1) is 0 Å². The quantitative estimate of drug-likeness (QED) is 0.710. The topological polar surface area (TPSA) is 37.3 Å². The van der Waals surface area contributed by atoms with E-state index in [-0.39, 0.29) is 36.9 Å². The van der Waals surface area contributed by atoms with E-state index >= 15 is 0 Å². The van der Waals surface area contributed by atoms with Gasteiger partial charge in [0.25, 0.3) is 0 Å². The number of rotatable bonds is 0. The number of carbonyl (C=O) groups is 1. The molecule has 0 aromatic rings. The maximum Gasteiger partial charge on any atom is 0.490 e. The van der Waals surface area contributed by atoms with Gasteiger partial charge >= 0.3 is 12.1 Å². The van der Waals surface area contributed by atoms with Gasteiger partial charge in [-0.25, -0.2) is 4.79 Å². The number of alkyl halides is 3. The fourth-order valence-corrected chi connectivity index (χ4v) is 0. The first-order valence-corrected chi connectivity index (χ1v) is 1.24. The van der Waals surface area contributed by atoms with Crippen molar-refractivity contribution in [2.24, 2.45) is 0 Å². The maximum absolute atomic E-state index is 10.6. The van der Waals surface area contributed by atoms with E-state index in [2.05, 4.69) is 0 Å². The predicted octanol–water partition coefficient (Wildman–Crippen LogP) is 0.633. The number of hydrogen-bond donors (Lipinski definition) is 1. The summed E-state index contributed by atoms with van der Waals surface area (Å²) in [5, 5.41) is 7.12. The van der Waals surface area contributed by atoms with Gasteiger partial charge in [0.15, 0.2) is 0 Å². The van der Waals surface area contributed by atoms with Gasteiger partial charge in [-0.1, -0.05) is 0 Å². The van der Waals surface area contributed by atoms with Gasteiger partial charge in [-0.3, -0.25) is 0 Å². The summed E-state index contributed by atoms with van der Waals surface area (Å²) in [6.45, 7) is 0. The molecule has 0 bridgehead atoms. The van der Waals surface area contributed by atoms with Gasteiger partial charge in [-0.05, 0) is 0 Å². The third kappa shape index (κ3) is 4.65. The Morgan fingerprint density at radius 2 is 1.50 bits per heavy atom. The van der Waals surface area contributed by atoms with Crippen molar-refractivity contribution in [1.29, 1.82) is 0 Å². The van der Waals surface area contributed by atoms with Crippen LogP contribution in [0.2, 0.25) is 0 Å². The molecule has 6 heteroatoms. The second-order valence-electron chi connectivity index (χ2n) is 0.803. The standard InChI is InChI=1S/C2HF3O2.Lu/c3-2(4,5)1(6)7;/h(H,6,7);. The maximum atomic E-state index is 10.6. The van der Waals surface area contributed by atoms with Crippen molar-refractivity contribution in [3.05, 3.63) is 0 Å². The molecule has 0 saturated carbocycles. The van der Waals surface area contributed by atoms with Gasteiger partial charge in [0, 0.05) is 36.9 Å². The molecule has 2 nitrogen and oxygen atoms in total. The average Bonchev–Trinajstić information content (AvgIpc) is 1.31. The van der Waals surface area contributed by atoms with Crippen molar-refractivity contribution < 1.29 is 59.9 Å². The van der Waals surface area contributed by atoms with Crippen LogP contribution in [0.4, 0.5) is 13.2 Å². The summed E-state index contributed by atoms with van der Waals surface area (Å²) < 4.78 is 31.7. The molecule has 0 saturated heterocycles. The molecule has 0 rings (SSSR count). The van der Waals surface area contributed by atoms with Crippen molar-refractivity contribution in [1.82, 2.24) is 0 Å². The van der Waals surface area contributed by atoms with Crippen LogP contribution in [0, 0.1) is 36.9 Å². The van der Waals surface area contributed by atoms with Gasteiger partial charge in [-0.2, -0.15) is 13.2 Å². The molecule has 0 atom stereocenters. The van der Waals surface area contributed by atoms with Crippen LogP contribution in [0.1, 0.15) is 0 Å². The van der Waals surface area contributed by atoms with Crippen molar-refractivity contribution >= 4 is 5.97 Å². The molecule has 57 valence electrons. The molecule has 0 spiro atoms. The van der Waals surface area contributed by atoms with Crippen LogP contribution >= 0.6 is 0 Å². The first-order chi connectivity index (χ1) is 2.94. The van der Waals surface area contributed by atoms with E-state index in [0.29, 0.717) is 0 Å². The van der Waals surface area contributed by atoms with Crippen LogP contribution in [0.3, 0.4) is 0 Å². The molecule has 8 heavy (non-hydrogen) atoms. The molecular formula is C2HF3LuO2. The predicted molar refractivity (Wildman–Crippen MR) is 13.7 cm³/mol. The first kappa shape index (κ1) is 11.3. The summed E-state index contributed by atoms with van der Waals surface area (Å²) in [5.74, 6) is -2.76. The number of carboxylic acid groups (broad SMARTS) is 1. The van der Waals surface area contributed by atoms with E-state index in [9.17, 15) is 13.2 Å². The van der Waals surface area contributed by atoms with E-state index in [0.717, 1.165) is 0 Å². The SMILES string of the molecule is O=C(O)C(F)(F)F.[Lu]. The summed E-state index contributed by atoms with van der Waals surface area (Å²) in [5.41, 5.74) is 0. The summed E-state index contributed by atoms with van der Waals surface area (Å²) >= 11 is 0. The van der Waals surface area contributed by atoms with E-state index in [4.69, 9.17) is 9.90 Å². The molecule has 1 radical (unpaired) electrons. The molecular weight excluding hydrogens is 288 g/mol. The van der Waals surface area contributed by atoms with E-state index in [1.54, 1.807) is 0 Å². The van der Waals surface area contributed by atoms with Gasteiger partial charge in [0.2, 0.25) is 0 Å². The second kappa shape index (κ2) is 3.51.